The molecule has 0 aliphatic rings. The number of alkyl carbamates (subject to hydrolysis) is 1. The number of pyridine rings is 1. The number of carbonyl (C=O) groups is 2. The highest BCUT2D eigenvalue weighted by molar-refractivity contribution is 5.92. The molecule has 5 heteroatoms. The van der Waals surface area contributed by atoms with Crippen molar-refractivity contribution in [3.8, 4) is 0 Å². The molecule has 0 saturated heterocycles. The molecule has 1 aromatic rings. The van der Waals surface area contributed by atoms with Crippen molar-refractivity contribution in [1.82, 2.24) is 10.3 Å². The van der Waals surface area contributed by atoms with Crippen LogP contribution < -0.4 is 5.32 Å². The molecule has 1 rings (SSSR count). The first-order valence-electron chi connectivity index (χ1n) is 6.39. The highest BCUT2D eigenvalue weighted by atomic mass is 16.6. The topological polar surface area (TPSA) is 68.3 Å². The Morgan fingerprint density at radius 2 is 2.05 bits per heavy atom. The number of Topliss-reactive ketones (excluding diaryl/α,β-unsaturated/α-hetero) is 1. The van der Waals surface area contributed by atoms with Crippen LogP contribution in [0.2, 0.25) is 0 Å². The molecular formula is C15H20N2O3. The molecule has 0 bridgehead atoms. The van der Waals surface area contributed by atoms with E-state index in [0.717, 1.165) is 0 Å². The number of nitrogens with one attached hydrogen (secondary N) is 1. The van der Waals surface area contributed by atoms with Crippen molar-refractivity contribution in [3.63, 3.8) is 0 Å². The summed E-state index contributed by atoms with van der Waals surface area (Å²) in [7, 11) is 0. The van der Waals surface area contributed by atoms with E-state index in [0.29, 0.717) is 17.9 Å². The fourth-order valence-electron chi connectivity index (χ4n) is 1.38. The number of hydrogen-bond acceptors (Lipinski definition) is 4. The zero-order valence-electron chi connectivity index (χ0n) is 12.3. The number of aromatic nitrogens is 1. The molecule has 0 saturated carbocycles. The molecule has 1 amide bonds. The van der Waals surface area contributed by atoms with Crippen LogP contribution in [0.4, 0.5) is 4.79 Å². The van der Waals surface area contributed by atoms with Crippen molar-refractivity contribution in [3.05, 3.63) is 35.7 Å². The highest BCUT2D eigenvalue weighted by Crippen LogP contribution is 2.06. The molecule has 0 aliphatic carbocycles. The molecule has 0 spiro atoms. The van der Waals surface area contributed by atoms with Gasteiger partial charge in [0.05, 0.1) is 5.69 Å². The van der Waals surface area contributed by atoms with Gasteiger partial charge >= 0.3 is 6.09 Å². The Kier molecular flexibility index (Phi) is 5.43. The molecule has 20 heavy (non-hydrogen) atoms. The van der Waals surface area contributed by atoms with Gasteiger partial charge in [0, 0.05) is 13.5 Å². The van der Waals surface area contributed by atoms with Crippen LogP contribution in [0.15, 0.2) is 24.3 Å². The second kappa shape index (κ2) is 6.84. The number of nitrogens with zero attached hydrogens (tertiary/aromatic N) is 1. The van der Waals surface area contributed by atoms with E-state index >= 15 is 0 Å². The predicted octanol–water partition coefficient (Wildman–Crippen LogP) is 2.82. The van der Waals surface area contributed by atoms with Crippen molar-refractivity contribution in [2.24, 2.45) is 0 Å². The number of rotatable bonds is 4. The third kappa shape index (κ3) is 6.13. The van der Waals surface area contributed by atoms with Crippen molar-refractivity contribution < 1.29 is 14.3 Å². The van der Waals surface area contributed by atoms with Crippen LogP contribution in [0.3, 0.4) is 0 Å². The van der Waals surface area contributed by atoms with E-state index in [1.165, 1.54) is 6.92 Å². The van der Waals surface area contributed by atoms with Crippen LogP contribution in [0.25, 0.3) is 6.08 Å². The summed E-state index contributed by atoms with van der Waals surface area (Å²) in [6, 6.07) is 5.22. The Hall–Kier alpha value is -2.17. The quantitative estimate of drug-likeness (QED) is 0.859. The molecule has 1 aromatic heterocycles. The summed E-state index contributed by atoms with van der Waals surface area (Å²) in [5, 5.41) is 2.60. The standard InChI is InChI=1S/C15H20N2O3/c1-11(18)13-9-5-7-12(17-13)8-6-10-16-14(19)20-15(2,3)4/h5-9H,10H2,1-4H3,(H,16,19). The largest absolute Gasteiger partial charge is 0.444 e. The lowest BCUT2D eigenvalue weighted by molar-refractivity contribution is 0.0534. The first-order chi connectivity index (χ1) is 9.28. The molecule has 0 fully saturated rings. The van der Waals surface area contributed by atoms with Gasteiger partial charge in [0.2, 0.25) is 0 Å². The van der Waals surface area contributed by atoms with Gasteiger partial charge in [-0.3, -0.25) is 4.79 Å². The fraction of sp³-hybridized carbons (Fsp3) is 0.400. The minimum Gasteiger partial charge on any atom is -0.444 e. The first-order valence-corrected chi connectivity index (χ1v) is 6.39. The lowest BCUT2D eigenvalue weighted by atomic mass is 10.2. The number of amides is 1. The maximum absolute atomic E-state index is 11.4. The number of carbonyl (C=O) groups excluding carboxylic acids is 2. The number of ether oxygens (including phenoxy) is 1. The van der Waals surface area contributed by atoms with E-state index in [1.54, 1.807) is 51.1 Å². The summed E-state index contributed by atoms with van der Waals surface area (Å²) in [5.41, 5.74) is 0.585. The highest BCUT2D eigenvalue weighted by Gasteiger charge is 2.14. The fourth-order valence-corrected chi connectivity index (χ4v) is 1.38. The molecule has 0 aliphatic heterocycles. The minimum absolute atomic E-state index is 0.0767. The molecule has 0 aromatic carbocycles. The minimum atomic E-state index is -0.509. The van der Waals surface area contributed by atoms with Crippen molar-refractivity contribution >= 4 is 18.0 Å². The second-order valence-corrected chi connectivity index (χ2v) is 5.29. The van der Waals surface area contributed by atoms with Crippen LogP contribution in [-0.2, 0) is 4.74 Å². The Bertz CT molecular complexity index is 516. The van der Waals surface area contributed by atoms with Crippen molar-refractivity contribution in [2.75, 3.05) is 6.54 Å². The second-order valence-electron chi connectivity index (χ2n) is 5.29. The maximum Gasteiger partial charge on any atom is 0.407 e. The van der Waals surface area contributed by atoms with E-state index < -0.39 is 11.7 Å². The van der Waals surface area contributed by atoms with Gasteiger partial charge in [0.1, 0.15) is 11.3 Å². The van der Waals surface area contributed by atoms with Crippen LogP contribution in [0, 0.1) is 0 Å². The predicted molar refractivity (Wildman–Crippen MR) is 77.5 cm³/mol. The Morgan fingerprint density at radius 1 is 1.35 bits per heavy atom. The molecule has 108 valence electrons. The molecule has 1 N–H and O–H groups in total. The normalized spacial score (nSPS) is 11.4. The smallest absolute Gasteiger partial charge is 0.407 e. The van der Waals surface area contributed by atoms with E-state index in [4.69, 9.17) is 4.74 Å². The molecular weight excluding hydrogens is 256 g/mol. The Labute approximate surface area is 119 Å². The zero-order valence-corrected chi connectivity index (χ0v) is 12.3. The van der Waals surface area contributed by atoms with Crippen LogP contribution >= 0.6 is 0 Å². The Balaban J connectivity index is 2.47. The van der Waals surface area contributed by atoms with Gasteiger partial charge in [0.25, 0.3) is 0 Å². The molecule has 0 unspecified atom stereocenters. The van der Waals surface area contributed by atoms with Gasteiger partial charge in [-0.05, 0) is 39.0 Å². The van der Waals surface area contributed by atoms with Gasteiger partial charge in [-0.2, -0.15) is 0 Å². The summed E-state index contributed by atoms with van der Waals surface area (Å²) in [6.07, 6.45) is 3.02. The molecule has 5 nitrogen and oxygen atoms in total. The van der Waals surface area contributed by atoms with Crippen molar-refractivity contribution in [2.45, 2.75) is 33.3 Å². The average Bonchev–Trinajstić information content (AvgIpc) is 2.33. The summed E-state index contributed by atoms with van der Waals surface area (Å²) >= 11 is 0. The number of hydrogen-bond donors (Lipinski definition) is 1. The van der Waals surface area contributed by atoms with E-state index in [-0.39, 0.29) is 5.78 Å². The van der Waals surface area contributed by atoms with Crippen LogP contribution in [0.1, 0.15) is 43.9 Å². The van der Waals surface area contributed by atoms with Gasteiger partial charge in [-0.25, -0.2) is 9.78 Å². The summed E-state index contributed by atoms with van der Waals surface area (Å²) in [5.74, 6) is -0.0767. The monoisotopic (exact) mass is 276 g/mol. The van der Waals surface area contributed by atoms with E-state index in [2.05, 4.69) is 10.3 Å². The first kappa shape index (κ1) is 15.9. The van der Waals surface area contributed by atoms with Crippen molar-refractivity contribution in [1.29, 1.82) is 0 Å². The van der Waals surface area contributed by atoms with Crippen LogP contribution in [0.5, 0.6) is 0 Å². The summed E-state index contributed by atoms with van der Waals surface area (Å²) in [6.45, 7) is 7.22. The van der Waals surface area contributed by atoms with Gasteiger partial charge in [0.15, 0.2) is 5.78 Å². The molecule has 0 atom stereocenters. The van der Waals surface area contributed by atoms with Crippen LogP contribution in [-0.4, -0.2) is 29.0 Å². The maximum atomic E-state index is 11.4. The van der Waals surface area contributed by atoms with Gasteiger partial charge in [-0.15, -0.1) is 0 Å². The third-order valence-electron chi connectivity index (χ3n) is 2.18. The molecule has 1 heterocycles. The molecule has 0 radical (unpaired) electrons. The van der Waals surface area contributed by atoms with Gasteiger partial charge in [-0.1, -0.05) is 12.1 Å². The van der Waals surface area contributed by atoms with E-state index in [1.807, 2.05) is 0 Å². The lowest BCUT2D eigenvalue weighted by Crippen LogP contribution is -2.32. The van der Waals surface area contributed by atoms with Gasteiger partial charge < -0.3 is 10.1 Å². The third-order valence-corrected chi connectivity index (χ3v) is 2.18. The lowest BCUT2D eigenvalue weighted by Gasteiger charge is -2.19. The summed E-state index contributed by atoms with van der Waals surface area (Å²) in [4.78, 5) is 26.7. The zero-order chi connectivity index (χ0) is 15.2. The average molecular weight is 276 g/mol. The summed E-state index contributed by atoms with van der Waals surface area (Å²) < 4.78 is 5.10. The SMILES string of the molecule is CC(=O)c1cccc(C=CCNC(=O)OC(C)(C)C)n1. The van der Waals surface area contributed by atoms with E-state index in [9.17, 15) is 9.59 Å². The number of ketones is 1. The Morgan fingerprint density at radius 3 is 2.65 bits per heavy atom.